The molecule has 158 valence electrons. The molecule has 32 heavy (non-hydrogen) atoms. The van der Waals surface area contributed by atoms with Crippen molar-refractivity contribution in [3.63, 3.8) is 0 Å². The van der Waals surface area contributed by atoms with Crippen molar-refractivity contribution in [1.29, 1.82) is 0 Å². The van der Waals surface area contributed by atoms with Crippen LogP contribution in [0.3, 0.4) is 0 Å². The highest BCUT2D eigenvalue weighted by Gasteiger charge is 2.39. The smallest absolute Gasteiger partial charge is 0.228 e. The van der Waals surface area contributed by atoms with Gasteiger partial charge in [0, 0.05) is 42.3 Å². The van der Waals surface area contributed by atoms with Crippen LogP contribution in [-0.4, -0.2) is 37.5 Å². The Morgan fingerprint density at radius 2 is 1.91 bits per heavy atom. The highest BCUT2D eigenvalue weighted by molar-refractivity contribution is 6.00. The molecule has 1 atom stereocenters. The van der Waals surface area contributed by atoms with Gasteiger partial charge >= 0.3 is 0 Å². The van der Waals surface area contributed by atoms with Gasteiger partial charge in [-0.2, -0.15) is 0 Å². The molecular formula is C24H19N5O3. The molecule has 0 amide bonds. The SMILES string of the molecule is COc1ccc([C@H]2C3=C(CCCC3=O)Oc3ncn4nc(-c5ccncc5)nc4c32)cc1. The zero-order valence-corrected chi connectivity index (χ0v) is 17.4. The van der Waals surface area contributed by atoms with Crippen LogP contribution in [0.4, 0.5) is 0 Å². The summed E-state index contributed by atoms with van der Waals surface area (Å²) < 4.78 is 13.1. The topological polar surface area (TPSA) is 91.5 Å². The lowest BCUT2D eigenvalue weighted by Gasteiger charge is -2.32. The van der Waals surface area contributed by atoms with E-state index in [1.807, 2.05) is 36.4 Å². The van der Waals surface area contributed by atoms with Gasteiger partial charge in [-0.05, 0) is 36.2 Å². The molecule has 0 spiro atoms. The van der Waals surface area contributed by atoms with Crippen LogP contribution in [0, 0.1) is 0 Å². The largest absolute Gasteiger partial charge is 0.497 e. The number of pyridine rings is 1. The first-order chi connectivity index (χ1) is 15.7. The zero-order chi connectivity index (χ0) is 21.7. The van der Waals surface area contributed by atoms with E-state index in [2.05, 4.69) is 15.1 Å². The Kier molecular flexibility index (Phi) is 4.24. The van der Waals surface area contributed by atoms with Crippen LogP contribution in [0.2, 0.25) is 0 Å². The molecule has 1 aromatic carbocycles. The Morgan fingerprint density at radius 3 is 2.69 bits per heavy atom. The summed E-state index contributed by atoms with van der Waals surface area (Å²) in [6, 6.07) is 11.5. The molecule has 0 fully saturated rings. The van der Waals surface area contributed by atoms with E-state index in [0.29, 0.717) is 35.1 Å². The number of hydrogen-bond acceptors (Lipinski definition) is 7. The number of carbonyl (C=O) groups excluding carboxylic acids is 1. The summed E-state index contributed by atoms with van der Waals surface area (Å²) in [6.07, 6.45) is 7.02. The standard InChI is InChI=1S/C24H19N5O3/c1-31-16-7-5-14(6-8-16)19-20-17(30)3-2-4-18(20)32-24-21(19)23-27-22(28-29(23)13-26-24)15-9-11-25-12-10-15/h5-13,19H,2-4H2,1H3/t19-/m0/s1. The van der Waals surface area contributed by atoms with E-state index in [9.17, 15) is 4.79 Å². The molecule has 1 aliphatic heterocycles. The number of ether oxygens (including phenoxy) is 2. The molecule has 0 unspecified atom stereocenters. The Bertz CT molecular complexity index is 1380. The number of benzene rings is 1. The summed E-state index contributed by atoms with van der Waals surface area (Å²) in [4.78, 5) is 26.5. The summed E-state index contributed by atoms with van der Waals surface area (Å²) in [5.74, 6) is 2.27. The number of ketones is 1. The van der Waals surface area contributed by atoms with Gasteiger partial charge in [-0.3, -0.25) is 9.78 Å². The van der Waals surface area contributed by atoms with E-state index in [0.717, 1.165) is 35.3 Å². The number of aromatic nitrogens is 5. The lowest BCUT2D eigenvalue weighted by molar-refractivity contribution is -0.116. The van der Waals surface area contributed by atoms with Crippen molar-refractivity contribution in [1.82, 2.24) is 24.6 Å². The van der Waals surface area contributed by atoms with Crippen molar-refractivity contribution >= 4 is 11.4 Å². The van der Waals surface area contributed by atoms with Gasteiger partial charge in [0.15, 0.2) is 17.3 Å². The average molecular weight is 425 g/mol. The molecule has 2 aliphatic rings. The third-order valence-corrected chi connectivity index (χ3v) is 5.98. The normalized spacial score (nSPS) is 17.7. The van der Waals surface area contributed by atoms with Crippen LogP contribution in [0.1, 0.15) is 36.3 Å². The summed E-state index contributed by atoms with van der Waals surface area (Å²) >= 11 is 0. The monoisotopic (exact) mass is 425 g/mol. The quantitative estimate of drug-likeness (QED) is 0.494. The van der Waals surface area contributed by atoms with E-state index < -0.39 is 0 Å². The van der Waals surface area contributed by atoms with Gasteiger partial charge in [-0.1, -0.05) is 12.1 Å². The maximum atomic E-state index is 13.1. The highest BCUT2D eigenvalue weighted by atomic mass is 16.5. The molecule has 8 heteroatoms. The fraction of sp³-hybridized carbons (Fsp3) is 0.208. The lowest BCUT2D eigenvalue weighted by atomic mass is 9.78. The Hall–Kier alpha value is -4.07. The van der Waals surface area contributed by atoms with Crippen molar-refractivity contribution in [3.05, 3.63) is 77.6 Å². The molecule has 0 radical (unpaired) electrons. The molecular weight excluding hydrogens is 406 g/mol. The minimum atomic E-state index is -0.335. The maximum Gasteiger partial charge on any atom is 0.228 e. The Morgan fingerprint density at radius 1 is 1.09 bits per heavy atom. The van der Waals surface area contributed by atoms with Crippen molar-refractivity contribution in [3.8, 4) is 23.0 Å². The Labute approximate surface area is 183 Å². The first kappa shape index (κ1) is 18.7. The molecule has 3 aromatic heterocycles. The van der Waals surface area contributed by atoms with Crippen LogP contribution in [0.25, 0.3) is 17.0 Å². The Balaban J connectivity index is 1.59. The number of methoxy groups -OCH3 is 1. The number of rotatable bonds is 3. The molecule has 1 aliphatic carbocycles. The molecule has 8 nitrogen and oxygen atoms in total. The molecule has 0 saturated carbocycles. The van der Waals surface area contributed by atoms with Crippen LogP contribution < -0.4 is 9.47 Å². The van der Waals surface area contributed by atoms with Crippen molar-refractivity contribution in [2.75, 3.05) is 7.11 Å². The molecule has 6 rings (SSSR count). The van der Waals surface area contributed by atoms with E-state index in [1.54, 1.807) is 30.3 Å². The number of fused-ring (bicyclic) bond motifs is 3. The minimum Gasteiger partial charge on any atom is -0.497 e. The fourth-order valence-electron chi connectivity index (χ4n) is 4.47. The van der Waals surface area contributed by atoms with E-state index >= 15 is 0 Å². The first-order valence-electron chi connectivity index (χ1n) is 10.5. The second kappa shape index (κ2) is 7.26. The van der Waals surface area contributed by atoms with Gasteiger partial charge in [0.05, 0.1) is 12.7 Å². The predicted octanol–water partition coefficient (Wildman–Crippen LogP) is 3.73. The predicted molar refractivity (Wildman–Crippen MR) is 115 cm³/mol. The first-order valence-corrected chi connectivity index (χ1v) is 10.5. The fourth-order valence-corrected chi connectivity index (χ4v) is 4.47. The van der Waals surface area contributed by atoms with Crippen LogP contribution in [0.15, 0.2) is 66.5 Å². The lowest BCUT2D eigenvalue weighted by Crippen LogP contribution is -2.26. The van der Waals surface area contributed by atoms with E-state index in [1.165, 1.54) is 0 Å². The van der Waals surface area contributed by atoms with Gasteiger partial charge < -0.3 is 9.47 Å². The van der Waals surface area contributed by atoms with Gasteiger partial charge in [-0.15, -0.1) is 5.10 Å². The van der Waals surface area contributed by atoms with Gasteiger partial charge in [-0.25, -0.2) is 14.5 Å². The van der Waals surface area contributed by atoms with Gasteiger partial charge in [0.25, 0.3) is 0 Å². The number of allylic oxidation sites excluding steroid dienone is 2. The minimum absolute atomic E-state index is 0.105. The third kappa shape index (κ3) is 2.87. The second-order valence-electron chi connectivity index (χ2n) is 7.82. The second-order valence-corrected chi connectivity index (χ2v) is 7.82. The summed E-state index contributed by atoms with van der Waals surface area (Å²) in [5.41, 5.74) is 3.87. The molecule has 4 aromatic rings. The number of nitrogens with zero attached hydrogens (tertiary/aromatic N) is 5. The number of hydrogen-bond donors (Lipinski definition) is 0. The highest BCUT2D eigenvalue weighted by Crippen LogP contribution is 2.47. The summed E-state index contributed by atoms with van der Waals surface area (Å²) in [6.45, 7) is 0. The van der Waals surface area contributed by atoms with Crippen molar-refractivity contribution in [2.24, 2.45) is 0 Å². The van der Waals surface area contributed by atoms with Crippen LogP contribution in [-0.2, 0) is 4.79 Å². The van der Waals surface area contributed by atoms with Gasteiger partial charge in [0.1, 0.15) is 17.8 Å². The third-order valence-electron chi connectivity index (χ3n) is 5.98. The summed E-state index contributed by atoms with van der Waals surface area (Å²) in [7, 11) is 1.63. The molecule has 4 heterocycles. The maximum absolute atomic E-state index is 13.1. The van der Waals surface area contributed by atoms with Crippen LogP contribution in [0.5, 0.6) is 11.6 Å². The molecule has 0 bridgehead atoms. The molecule has 0 saturated heterocycles. The molecule has 0 N–H and O–H groups in total. The van der Waals surface area contributed by atoms with Crippen molar-refractivity contribution < 1.29 is 14.3 Å². The van der Waals surface area contributed by atoms with E-state index in [-0.39, 0.29) is 11.7 Å². The van der Waals surface area contributed by atoms with Crippen molar-refractivity contribution in [2.45, 2.75) is 25.2 Å². The average Bonchev–Trinajstić information content (AvgIpc) is 3.28. The van der Waals surface area contributed by atoms with Crippen LogP contribution >= 0.6 is 0 Å². The van der Waals surface area contributed by atoms with E-state index in [4.69, 9.17) is 14.5 Å². The summed E-state index contributed by atoms with van der Waals surface area (Å²) in [5, 5.41) is 4.61. The van der Waals surface area contributed by atoms with Gasteiger partial charge in [0.2, 0.25) is 5.88 Å². The number of carbonyl (C=O) groups is 1. The number of Topliss-reactive ketones (excluding diaryl/α,β-unsaturated/α-hetero) is 1. The zero-order valence-electron chi connectivity index (χ0n) is 17.4.